The average molecular weight is 460 g/mol. The fraction of sp³-hybridized carbons (Fsp3) is 0.103. The number of amides is 1. The Morgan fingerprint density at radius 3 is 2.43 bits per heavy atom. The predicted molar refractivity (Wildman–Crippen MR) is 139 cm³/mol. The van der Waals surface area contributed by atoms with Gasteiger partial charge in [0.15, 0.2) is 0 Å². The number of carbonyl (C=O) groups is 1. The minimum Gasteiger partial charge on any atom is -0.373 e. The summed E-state index contributed by atoms with van der Waals surface area (Å²) in [6.07, 6.45) is 3.32. The van der Waals surface area contributed by atoms with Crippen LogP contribution < -0.4 is 5.32 Å². The number of fused-ring (bicyclic) bond motifs is 1. The van der Waals surface area contributed by atoms with Gasteiger partial charge in [-0.25, -0.2) is 9.97 Å². The van der Waals surface area contributed by atoms with Crippen LogP contribution in [0, 0.1) is 0 Å². The molecular formula is C29H25N5O. The number of benzene rings is 3. The van der Waals surface area contributed by atoms with Gasteiger partial charge in [-0.2, -0.15) is 0 Å². The highest BCUT2D eigenvalue weighted by molar-refractivity contribution is 5.94. The Kier molecular flexibility index (Phi) is 6.44. The molecule has 0 fully saturated rings. The highest BCUT2D eigenvalue weighted by Gasteiger charge is 2.17. The largest absolute Gasteiger partial charge is 0.373 e. The number of nitrogens with zero attached hydrogens (tertiary/aromatic N) is 4. The van der Waals surface area contributed by atoms with Gasteiger partial charge in [-0.15, -0.1) is 0 Å². The van der Waals surface area contributed by atoms with Crippen molar-refractivity contribution in [3.63, 3.8) is 0 Å². The van der Waals surface area contributed by atoms with Crippen molar-refractivity contribution in [2.45, 2.75) is 13.1 Å². The lowest BCUT2D eigenvalue weighted by Gasteiger charge is -2.23. The zero-order valence-electron chi connectivity index (χ0n) is 19.4. The molecule has 6 heteroatoms. The minimum absolute atomic E-state index is 0.0248. The molecule has 0 saturated carbocycles. The van der Waals surface area contributed by atoms with Gasteiger partial charge in [-0.1, -0.05) is 48.5 Å². The maximum Gasteiger partial charge on any atom is 0.254 e. The van der Waals surface area contributed by atoms with Crippen molar-refractivity contribution in [1.82, 2.24) is 19.9 Å². The van der Waals surface area contributed by atoms with E-state index in [9.17, 15) is 4.79 Å². The van der Waals surface area contributed by atoms with Crippen molar-refractivity contribution in [3.8, 4) is 11.1 Å². The van der Waals surface area contributed by atoms with Gasteiger partial charge in [0.2, 0.25) is 0 Å². The molecule has 6 nitrogen and oxygen atoms in total. The Bertz CT molecular complexity index is 1450. The minimum atomic E-state index is -0.0248. The fourth-order valence-corrected chi connectivity index (χ4v) is 4.16. The lowest BCUT2D eigenvalue weighted by atomic mass is 10.0. The summed E-state index contributed by atoms with van der Waals surface area (Å²) in [5.74, 6) is 0.770. The number of hydrogen-bond acceptors (Lipinski definition) is 5. The van der Waals surface area contributed by atoms with E-state index < -0.39 is 0 Å². The van der Waals surface area contributed by atoms with Crippen LogP contribution in [0.2, 0.25) is 0 Å². The first-order valence-corrected chi connectivity index (χ1v) is 11.5. The van der Waals surface area contributed by atoms with Crippen LogP contribution in [0.1, 0.15) is 21.6 Å². The molecule has 1 N–H and O–H groups in total. The van der Waals surface area contributed by atoms with Crippen molar-refractivity contribution < 1.29 is 4.79 Å². The molecule has 0 aliphatic heterocycles. The van der Waals surface area contributed by atoms with E-state index in [0.717, 1.165) is 39.1 Å². The van der Waals surface area contributed by atoms with Crippen LogP contribution in [-0.2, 0) is 13.1 Å². The molecular weight excluding hydrogens is 434 g/mol. The first-order valence-electron chi connectivity index (χ1n) is 11.5. The quantitative estimate of drug-likeness (QED) is 0.344. The van der Waals surface area contributed by atoms with Crippen LogP contribution in [-0.4, -0.2) is 32.8 Å². The zero-order chi connectivity index (χ0) is 24.0. The Morgan fingerprint density at radius 2 is 1.63 bits per heavy atom. The first kappa shape index (κ1) is 22.2. The number of hydrogen-bond donors (Lipinski definition) is 1. The van der Waals surface area contributed by atoms with Crippen molar-refractivity contribution in [1.29, 1.82) is 0 Å². The van der Waals surface area contributed by atoms with Gasteiger partial charge in [0, 0.05) is 30.7 Å². The summed E-state index contributed by atoms with van der Waals surface area (Å²) in [6.45, 7) is 0.897. The van der Waals surface area contributed by atoms with E-state index in [1.54, 1.807) is 12.5 Å². The van der Waals surface area contributed by atoms with E-state index in [4.69, 9.17) is 0 Å². The summed E-state index contributed by atoms with van der Waals surface area (Å²) >= 11 is 0. The summed E-state index contributed by atoms with van der Waals surface area (Å²) in [7, 11) is 1.86. The summed E-state index contributed by atoms with van der Waals surface area (Å²) in [6, 6.07) is 29.6. The van der Waals surface area contributed by atoms with E-state index in [2.05, 4.69) is 50.6 Å². The number of carbonyl (C=O) groups excluding carboxylic acids is 1. The molecule has 1 amide bonds. The second-order valence-corrected chi connectivity index (χ2v) is 8.25. The molecule has 0 radical (unpaired) electrons. The molecule has 0 spiro atoms. The molecule has 0 unspecified atom stereocenters. The Hall–Kier alpha value is -4.58. The Labute approximate surface area is 204 Å². The normalized spacial score (nSPS) is 10.8. The van der Waals surface area contributed by atoms with Crippen molar-refractivity contribution in [3.05, 3.63) is 120 Å². The summed E-state index contributed by atoms with van der Waals surface area (Å²) < 4.78 is 0. The molecule has 172 valence electrons. The van der Waals surface area contributed by atoms with Crippen LogP contribution in [0.15, 0.2) is 104 Å². The van der Waals surface area contributed by atoms with Crippen molar-refractivity contribution in [2.24, 2.45) is 0 Å². The van der Waals surface area contributed by atoms with Crippen molar-refractivity contribution in [2.75, 3.05) is 12.4 Å². The SMILES string of the molecule is CNc1ncnc2ccc(-c3cccc(CN(Cc4ccccn4)C(=O)c4ccccc4)c3)cc12. The Morgan fingerprint density at radius 1 is 0.800 bits per heavy atom. The van der Waals surface area contributed by atoms with E-state index in [-0.39, 0.29) is 5.91 Å². The van der Waals surface area contributed by atoms with Gasteiger partial charge in [0.05, 0.1) is 17.8 Å². The number of aromatic nitrogens is 3. The monoisotopic (exact) mass is 459 g/mol. The molecule has 3 aromatic carbocycles. The third kappa shape index (κ3) is 5.01. The van der Waals surface area contributed by atoms with Gasteiger partial charge >= 0.3 is 0 Å². The van der Waals surface area contributed by atoms with E-state index in [0.29, 0.717) is 18.7 Å². The molecule has 5 aromatic rings. The van der Waals surface area contributed by atoms with E-state index >= 15 is 0 Å². The van der Waals surface area contributed by atoms with Gasteiger partial charge in [-0.05, 0) is 59.2 Å². The fourth-order valence-electron chi connectivity index (χ4n) is 4.16. The average Bonchev–Trinajstić information content (AvgIpc) is 2.93. The molecule has 0 aliphatic rings. The number of pyridine rings is 1. The van der Waals surface area contributed by atoms with Crippen LogP contribution in [0.5, 0.6) is 0 Å². The maximum atomic E-state index is 13.4. The summed E-state index contributed by atoms with van der Waals surface area (Å²) in [4.78, 5) is 28.4. The van der Waals surface area contributed by atoms with Crippen LogP contribution in [0.4, 0.5) is 5.82 Å². The lowest BCUT2D eigenvalue weighted by Crippen LogP contribution is -2.30. The molecule has 0 atom stereocenters. The topological polar surface area (TPSA) is 71.0 Å². The second-order valence-electron chi connectivity index (χ2n) is 8.25. The highest BCUT2D eigenvalue weighted by atomic mass is 16.2. The molecule has 0 saturated heterocycles. The molecule has 35 heavy (non-hydrogen) atoms. The molecule has 2 aromatic heterocycles. The second kappa shape index (κ2) is 10.1. The Balaban J connectivity index is 1.47. The molecule has 0 aliphatic carbocycles. The molecule has 0 bridgehead atoms. The van der Waals surface area contributed by atoms with Gasteiger partial charge in [0.25, 0.3) is 5.91 Å². The standard InChI is InChI=1S/C29H25N5O/c1-30-28-26-17-24(13-14-27(26)32-20-33-28)23-11-7-8-21(16-23)18-34(19-25-12-5-6-15-31-25)29(35)22-9-3-2-4-10-22/h2-17,20H,18-19H2,1H3,(H,30,32,33). The number of rotatable bonds is 7. The molecule has 2 heterocycles. The zero-order valence-corrected chi connectivity index (χ0v) is 19.4. The maximum absolute atomic E-state index is 13.4. The van der Waals surface area contributed by atoms with Crippen LogP contribution in [0.25, 0.3) is 22.0 Å². The van der Waals surface area contributed by atoms with Gasteiger partial charge in [0.1, 0.15) is 12.1 Å². The van der Waals surface area contributed by atoms with Gasteiger partial charge < -0.3 is 10.2 Å². The lowest BCUT2D eigenvalue weighted by molar-refractivity contribution is 0.0728. The third-order valence-corrected chi connectivity index (χ3v) is 5.89. The van der Waals surface area contributed by atoms with Crippen LogP contribution in [0.3, 0.4) is 0 Å². The van der Waals surface area contributed by atoms with E-state index in [1.807, 2.05) is 72.6 Å². The predicted octanol–water partition coefficient (Wildman–Crippen LogP) is 5.58. The molecule has 5 rings (SSSR count). The van der Waals surface area contributed by atoms with Crippen LogP contribution >= 0.6 is 0 Å². The number of nitrogens with one attached hydrogen (secondary N) is 1. The smallest absolute Gasteiger partial charge is 0.254 e. The number of anilines is 1. The van der Waals surface area contributed by atoms with Crippen molar-refractivity contribution >= 4 is 22.6 Å². The summed E-state index contributed by atoms with van der Waals surface area (Å²) in [5, 5.41) is 4.10. The summed E-state index contributed by atoms with van der Waals surface area (Å²) in [5.41, 5.74) is 5.58. The highest BCUT2D eigenvalue weighted by Crippen LogP contribution is 2.28. The third-order valence-electron chi connectivity index (χ3n) is 5.89. The van der Waals surface area contributed by atoms with Gasteiger partial charge in [-0.3, -0.25) is 9.78 Å². The first-order chi connectivity index (χ1) is 17.2. The van der Waals surface area contributed by atoms with E-state index in [1.165, 1.54) is 0 Å².